The number of amides is 2. The van der Waals surface area contributed by atoms with Gasteiger partial charge in [0.2, 0.25) is 5.91 Å². The SMILES string of the molecule is O=C(COc1cccc(N2CCCC2=O)c1)NCc1ccco1. The summed E-state index contributed by atoms with van der Waals surface area (Å²) in [6.45, 7) is 0.974. The third-order valence-corrected chi connectivity index (χ3v) is 3.61. The molecule has 1 fully saturated rings. The molecule has 2 heterocycles. The molecule has 1 aromatic heterocycles. The van der Waals surface area contributed by atoms with E-state index in [1.165, 1.54) is 0 Å². The predicted octanol–water partition coefficient (Wildman–Crippen LogP) is 2.10. The van der Waals surface area contributed by atoms with Gasteiger partial charge in [0.05, 0.1) is 12.8 Å². The number of anilines is 1. The Morgan fingerprint density at radius 2 is 2.22 bits per heavy atom. The van der Waals surface area contributed by atoms with Crippen LogP contribution < -0.4 is 15.0 Å². The van der Waals surface area contributed by atoms with Gasteiger partial charge in [-0.25, -0.2) is 0 Å². The van der Waals surface area contributed by atoms with E-state index >= 15 is 0 Å². The number of hydrogen-bond acceptors (Lipinski definition) is 4. The molecule has 0 spiro atoms. The van der Waals surface area contributed by atoms with E-state index in [9.17, 15) is 9.59 Å². The highest BCUT2D eigenvalue weighted by atomic mass is 16.5. The number of furan rings is 1. The van der Waals surface area contributed by atoms with Crippen LogP contribution >= 0.6 is 0 Å². The molecule has 0 unspecified atom stereocenters. The monoisotopic (exact) mass is 314 g/mol. The molecule has 23 heavy (non-hydrogen) atoms. The molecule has 6 heteroatoms. The standard InChI is InChI=1S/C17H18N2O4/c20-16(18-11-15-6-3-9-22-15)12-23-14-5-1-4-13(10-14)19-8-2-7-17(19)21/h1,3-6,9-10H,2,7-8,11-12H2,(H,18,20). The summed E-state index contributed by atoms with van der Waals surface area (Å²) in [7, 11) is 0. The van der Waals surface area contributed by atoms with Crippen molar-refractivity contribution in [1.82, 2.24) is 5.32 Å². The van der Waals surface area contributed by atoms with Crippen LogP contribution in [0.5, 0.6) is 5.75 Å². The Kier molecular flexibility index (Phi) is 4.61. The van der Waals surface area contributed by atoms with Crippen molar-refractivity contribution in [3.63, 3.8) is 0 Å². The third-order valence-electron chi connectivity index (χ3n) is 3.61. The van der Waals surface area contributed by atoms with Gasteiger partial charge in [0.1, 0.15) is 11.5 Å². The predicted molar refractivity (Wildman–Crippen MR) is 84.1 cm³/mol. The normalized spacial score (nSPS) is 14.1. The summed E-state index contributed by atoms with van der Waals surface area (Å²) < 4.78 is 10.6. The largest absolute Gasteiger partial charge is 0.484 e. The van der Waals surface area contributed by atoms with Crippen LogP contribution in [0.1, 0.15) is 18.6 Å². The fourth-order valence-electron chi connectivity index (χ4n) is 2.46. The summed E-state index contributed by atoms with van der Waals surface area (Å²) in [5, 5.41) is 2.71. The van der Waals surface area contributed by atoms with Crippen LogP contribution in [-0.2, 0) is 16.1 Å². The number of benzene rings is 1. The average Bonchev–Trinajstić information content (AvgIpc) is 3.22. The van der Waals surface area contributed by atoms with E-state index in [4.69, 9.17) is 9.15 Å². The van der Waals surface area contributed by atoms with E-state index in [1.54, 1.807) is 35.4 Å². The maximum atomic E-state index is 11.8. The van der Waals surface area contributed by atoms with Crippen LogP contribution in [0, 0.1) is 0 Å². The molecule has 0 saturated carbocycles. The van der Waals surface area contributed by atoms with Crippen molar-refractivity contribution in [2.45, 2.75) is 19.4 Å². The fraction of sp³-hybridized carbons (Fsp3) is 0.294. The van der Waals surface area contributed by atoms with Crippen molar-refractivity contribution in [2.24, 2.45) is 0 Å². The molecule has 0 aliphatic carbocycles. The molecular formula is C17H18N2O4. The molecule has 120 valence electrons. The van der Waals surface area contributed by atoms with Crippen molar-refractivity contribution in [2.75, 3.05) is 18.1 Å². The molecule has 1 aliphatic heterocycles. The Balaban J connectivity index is 1.51. The first kappa shape index (κ1) is 15.1. The van der Waals surface area contributed by atoms with E-state index in [1.807, 2.05) is 12.1 Å². The average molecular weight is 314 g/mol. The molecule has 0 radical (unpaired) electrons. The smallest absolute Gasteiger partial charge is 0.258 e. The first-order valence-corrected chi connectivity index (χ1v) is 7.55. The first-order chi connectivity index (χ1) is 11.2. The van der Waals surface area contributed by atoms with E-state index in [-0.39, 0.29) is 18.4 Å². The van der Waals surface area contributed by atoms with E-state index in [2.05, 4.69) is 5.32 Å². The van der Waals surface area contributed by atoms with E-state index < -0.39 is 0 Å². The molecule has 6 nitrogen and oxygen atoms in total. The van der Waals surface area contributed by atoms with Gasteiger partial charge in [-0.1, -0.05) is 6.07 Å². The van der Waals surface area contributed by atoms with E-state index in [0.29, 0.717) is 24.5 Å². The minimum absolute atomic E-state index is 0.0852. The molecule has 2 amide bonds. The van der Waals surface area contributed by atoms with Crippen molar-refractivity contribution in [3.05, 3.63) is 48.4 Å². The van der Waals surface area contributed by atoms with Gasteiger partial charge in [0, 0.05) is 24.7 Å². The second kappa shape index (κ2) is 7.00. The topological polar surface area (TPSA) is 71.8 Å². The summed E-state index contributed by atoms with van der Waals surface area (Å²) in [6, 6.07) is 10.8. The van der Waals surface area contributed by atoms with Crippen LogP contribution in [-0.4, -0.2) is 25.0 Å². The van der Waals surface area contributed by atoms with Crippen LogP contribution in [0.25, 0.3) is 0 Å². The summed E-state index contributed by atoms with van der Waals surface area (Å²) in [5.41, 5.74) is 0.806. The van der Waals surface area contributed by atoms with Crippen molar-refractivity contribution in [3.8, 4) is 5.75 Å². The van der Waals surface area contributed by atoms with Gasteiger partial charge in [0.15, 0.2) is 6.61 Å². The van der Waals surface area contributed by atoms with Crippen molar-refractivity contribution in [1.29, 1.82) is 0 Å². The lowest BCUT2D eigenvalue weighted by atomic mass is 10.3. The van der Waals surface area contributed by atoms with Gasteiger partial charge in [0.25, 0.3) is 5.91 Å². The maximum absolute atomic E-state index is 11.8. The summed E-state index contributed by atoms with van der Waals surface area (Å²) in [6.07, 6.45) is 3.02. The highest BCUT2D eigenvalue weighted by Crippen LogP contribution is 2.25. The van der Waals surface area contributed by atoms with Gasteiger partial charge in [-0.3, -0.25) is 9.59 Å². The number of hydrogen-bond donors (Lipinski definition) is 1. The third kappa shape index (κ3) is 3.91. The Morgan fingerprint density at radius 1 is 1.30 bits per heavy atom. The number of ether oxygens (including phenoxy) is 1. The van der Waals surface area contributed by atoms with Gasteiger partial charge in [-0.05, 0) is 30.7 Å². The summed E-state index contributed by atoms with van der Waals surface area (Å²) in [5.74, 6) is 1.14. The Morgan fingerprint density at radius 3 is 2.96 bits per heavy atom. The van der Waals surface area contributed by atoms with Gasteiger partial charge in [-0.2, -0.15) is 0 Å². The fourth-order valence-corrected chi connectivity index (χ4v) is 2.46. The van der Waals surface area contributed by atoms with Gasteiger partial charge in [-0.15, -0.1) is 0 Å². The number of nitrogens with one attached hydrogen (secondary N) is 1. The molecule has 1 aliphatic rings. The zero-order chi connectivity index (χ0) is 16.1. The Hall–Kier alpha value is -2.76. The lowest BCUT2D eigenvalue weighted by molar-refractivity contribution is -0.123. The molecule has 1 aromatic carbocycles. The number of carbonyl (C=O) groups excluding carboxylic acids is 2. The van der Waals surface area contributed by atoms with Crippen LogP contribution in [0.2, 0.25) is 0 Å². The molecule has 1 N–H and O–H groups in total. The van der Waals surface area contributed by atoms with Crippen LogP contribution in [0.15, 0.2) is 47.1 Å². The number of carbonyl (C=O) groups is 2. The second-order valence-electron chi connectivity index (χ2n) is 5.29. The molecule has 0 atom stereocenters. The van der Waals surface area contributed by atoms with Gasteiger partial charge >= 0.3 is 0 Å². The first-order valence-electron chi connectivity index (χ1n) is 7.55. The molecule has 2 aromatic rings. The summed E-state index contributed by atoms with van der Waals surface area (Å²) >= 11 is 0. The lowest BCUT2D eigenvalue weighted by Gasteiger charge is -2.16. The maximum Gasteiger partial charge on any atom is 0.258 e. The Bertz CT molecular complexity index is 682. The van der Waals surface area contributed by atoms with E-state index in [0.717, 1.165) is 18.7 Å². The number of nitrogens with zero attached hydrogens (tertiary/aromatic N) is 1. The summed E-state index contributed by atoms with van der Waals surface area (Å²) in [4.78, 5) is 25.3. The van der Waals surface area contributed by atoms with Crippen LogP contribution in [0.3, 0.4) is 0 Å². The zero-order valence-electron chi connectivity index (χ0n) is 12.7. The minimum Gasteiger partial charge on any atom is -0.484 e. The van der Waals surface area contributed by atoms with Crippen molar-refractivity contribution >= 4 is 17.5 Å². The lowest BCUT2D eigenvalue weighted by Crippen LogP contribution is -2.28. The number of rotatable bonds is 6. The van der Waals surface area contributed by atoms with Gasteiger partial charge < -0.3 is 19.4 Å². The molecular weight excluding hydrogens is 296 g/mol. The highest BCUT2D eigenvalue weighted by Gasteiger charge is 2.21. The molecule has 3 rings (SSSR count). The Labute approximate surface area is 134 Å². The zero-order valence-corrected chi connectivity index (χ0v) is 12.7. The highest BCUT2D eigenvalue weighted by molar-refractivity contribution is 5.95. The second-order valence-corrected chi connectivity index (χ2v) is 5.29. The minimum atomic E-state index is -0.232. The molecule has 0 bridgehead atoms. The van der Waals surface area contributed by atoms with Crippen LogP contribution in [0.4, 0.5) is 5.69 Å². The quantitative estimate of drug-likeness (QED) is 0.886. The molecule has 1 saturated heterocycles. The van der Waals surface area contributed by atoms with Crippen molar-refractivity contribution < 1.29 is 18.7 Å².